The van der Waals surface area contributed by atoms with E-state index in [-0.39, 0.29) is 5.75 Å². The van der Waals surface area contributed by atoms with Crippen molar-refractivity contribution in [1.82, 2.24) is 4.98 Å². The topological polar surface area (TPSA) is 89.3 Å². The van der Waals surface area contributed by atoms with Crippen LogP contribution >= 0.6 is 11.3 Å². The Kier molecular flexibility index (Phi) is 5.00. The minimum Gasteiger partial charge on any atom is -0.462 e. The van der Waals surface area contributed by atoms with Crippen LogP contribution in [-0.4, -0.2) is 24.6 Å². The molecule has 25 heavy (non-hydrogen) atoms. The zero-order valence-corrected chi connectivity index (χ0v) is 15.0. The summed E-state index contributed by atoms with van der Waals surface area (Å²) in [5, 5.41) is 3.70. The van der Waals surface area contributed by atoms with Crippen LogP contribution in [0.3, 0.4) is 0 Å². The fraction of sp³-hybridized carbons (Fsp3) is 0.176. The highest BCUT2D eigenvalue weighted by atomic mass is 32.2. The highest BCUT2D eigenvalue weighted by Gasteiger charge is 2.29. The minimum absolute atomic E-state index is 0.298. The van der Waals surface area contributed by atoms with Crippen molar-refractivity contribution < 1.29 is 17.6 Å². The highest BCUT2D eigenvalue weighted by molar-refractivity contribution is 7.92. The van der Waals surface area contributed by atoms with E-state index in [4.69, 9.17) is 4.42 Å². The van der Waals surface area contributed by atoms with E-state index >= 15 is 0 Å². The van der Waals surface area contributed by atoms with E-state index in [2.05, 4.69) is 10.3 Å². The lowest BCUT2D eigenvalue weighted by atomic mass is 10.3. The van der Waals surface area contributed by atoms with Gasteiger partial charge in [0.15, 0.2) is 20.6 Å². The van der Waals surface area contributed by atoms with Crippen LogP contribution in [-0.2, 0) is 20.4 Å². The summed E-state index contributed by atoms with van der Waals surface area (Å²) >= 11 is 1.30. The van der Waals surface area contributed by atoms with Crippen molar-refractivity contribution in [1.29, 1.82) is 0 Å². The number of aromatic nitrogens is 1. The molecule has 1 unspecified atom stereocenters. The zero-order valence-electron chi connectivity index (χ0n) is 13.4. The van der Waals surface area contributed by atoms with Crippen LogP contribution in [0.15, 0.2) is 58.5 Å². The molecule has 0 radical (unpaired) electrons. The second kappa shape index (κ2) is 7.20. The number of thiazole rings is 1. The molecule has 1 N–H and O–H groups in total. The van der Waals surface area contributed by atoms with E-state index in [1.807, 2.05) is 6.07 Å². The predicted octanol–water partition coefficient (Wildman–Crippen LogP) is 3.35. The maximum Gasteiger partial charge on any atom is 0.242 e. The smallest absolute Gasteiger partial charge is 0.242 e. The normalized spacial score (nSPS) is 12.7. The number of sulfone groups is 1. The summed E-state index contributed by atoms with van der Waals surface area (Å²) < 4.78 is 30.3. The van der Waals surface area contributed by atoms with Crippen LogP contribution in [0.25, 0.3) is 10.8 Å². The van der Waals surface area contributed by atoms with Gasteiger partial charge in [0.2, 0.25) is 5.91 Å². The summed E-state index contributed by atoms with van der Waals surface area (Å²) in [5.41, 5.74) is 0.957. The van der Waals surface area contributed by atoms with Gasteiger partial charge in [0.05, 0.1) is 17.7 Å². The second-order valence-corrected chi connectivity index (χ2v) is 8.61. The molecule has 8 heteroatoms. The van der Waals surface area contributed by atoms with Crippen molar-refractivity contribution in [2.75, 3.05) is 5.32 Å². The summed E-state index contributed by atoms with van der Waals surface area (Å²) in [4.78, 5) is 16.5. The lowest BCUT2D eigenvalue weighted by Crippen LogP contribution is -2.33. The molecule has 0 saturated carbocycles. The lowest BCUT2D eigenvalue weighted by molar-refractivity contribution is -0.115. The number of hydrogen-bond acceptors (Lipinski definition) is 6. The third-order valence-electron chi connectivity index (χ3n) is 3.58. The highest BCUT2D eigenvalue weighted by Crippen LogP contribution is 2.25. The molecule has 1 aromatic carbocycles. The maximum atomic E-state index is 12.5. The summed E-state index contributed by atoms with van der Waals surface area (Å²) in [5.74, 6) is -0.274. The molecule has 0 aliphatic rings. The molecule has 0 saturated heterocycles. The van der Waals surface area contributed by atoms with E-state index in [9.17, 15) is 13.2 Å². The van der Waals surface area contributed by atoms with Gasteiger partial charge in [0.25, 0.3) is 0 Å². The number of furan rings is 1. The van der Waals surface area contributed by atoms with E-state index < -0.39 is 21.0 Å². The largest absolute Gasteiger partial charge is 0.462 e. The molecular weight excluding hydrogens is 360 g/mol. The van der Waals surface area contributed by atoms with Gasteiger partial charge in [-0.3, -0.25) is 4.79 Å². The summed E-state index contributed by atoms with van der Waals surface area (Å²) in [6, 6.07) is 12.2. The molecule has 6 nitrogen and oxygen atoms in total. The second-order valence-electron chi connectivity index (χ2n) is 5.43. The third-order valence-corrected chi connectivity index (χ3v) is 6.48. The molecule has 3 rings (SSSR count). The number of nitrogens with one attached hydrogen (secondary N) is 1. The number of carbonyl (C=O) groups is 1. The van der Waals surface area contributed by atoms with Crippen molar-refractivity contribution in [3.63, 3.8) is 0 Å². The molecule has 0 fully saturated rings. The van der Waals surface area contributed by atoms with Crippen LogP contribution in [0.1, 0.15) is 12.6 Å². The Morgan fingerprint density at radius 2 is 2.00 bits per heavy atom. The average molecular weight is 376 g/mol. The van der Waals surface area contributed by atoms with Gasteiger partial charge in [-0.1, -0.05) is 18.2 Å². The molecule has 0 spiro atoms. The molecule has 2 heterocycles. The van der Waals surface area contributed by atoms with E-state index in [0.717, 1.165) is 0 Å². The Hall–Kier alpha value is -2.45. The quantitative estimate of drug-likeness (QED) is 0.713. The van der Waals surface area contributed by atoms with Crippen molar-refractivity contribution in [3.8, 4) is 10.8 Å². The first-order valence-corrected chi connectivity index (χ1v) is 10.1. The fourth-order valence-electron chi connectivity index (χ4n) is 2.15. The average Bonchev–Trinajstić information content (AvgIpc) is 3.26. The molecular formula is C17H16N2O4S2. The number of anilines is 1. The first-order chi connectivity index (χ1) is 12.0. The number of para-hydroxylation sites is 1. The molecule has 0 aliphatic carbocycles. The summed E-state index contributed by atoms with van der Waals surface area (Å²) in [6.07, 6.45) is 1.53. The Morgan fingerprint density at radius 1 is 1.24 bits per heavy atom. The Balaban J connectivity index is 1.69. The molecule has 1 amide bonds. The minimum atomic E-state index is -3.69. The molecule has 1 atom stereocenters. The van der Waals surface area contributed by atoms with Crippen molar-refractivity contribution in [2.45, 2.75) is 17.9 Å². The molecule has 0 aliphatic heterocycles. The number of hydrogen-bond donors (Lipinski definition) is 1. The van der Waals surface area contributed by atoms with Crippen molar-refractivity contribution in [2.24, 2.45) is 0 Å². The molecule has 130 valence electrons. The van der Waals surface area contributed by atoms with E-state index in [0.29, 0.717) is 22.1 Å². The van der Waals surface area contributed by atoms with E-state index in [1.165, 1.54) is 24.5 Å². The number of nitrogens with zero attached hydrogens (tertiary/aromatic N) is 1. The summed E-state index contributed by atoms with van der Waals surface area (Å²) in [6.45, 7) is 1.38. The Labute approximate surface area is 149 Å². The van der Waals surface area contributed by atoms with Crippen molar-refractivity contribution >= 4 is 32.8 Å². The van der Waals surface area contributed by atoms with Crippen LogP contribution in [0.5, 0.6) is 0 Å². The van der Waals surface area contributed by atoms with Gasteiger partial charge in [-0.25, -0.2) is 13.4 Å². The van der Waals surface area contributed by atoms with Gasteiger partial charge in [-0.15, -0.1) is 11.3 Å². The number of benzene rings is 1. The van der Waals surface area contributed by atoms with Crippen LogP contribution in [0.2, 0.25) is 0 Å². The van der Waals surface area contributed by atoms with E-state index in [1.54, 1.807) is 41.8 Å². The maximum absolute atomic E-state index is 12.5. The van der Waals surface area contributed by atoms with Gasteiger partial charge in [0, 0.05) is 11.1 Å². The van der Waals surface area contributed by atoms with Gasteiger partial charge >= 0.3 is 0 Å². The lowest BCUT2D eigenvalue weighted by Gasteiger charge is -2.12. The summed E-state index contributed by atoms with van der Waals surface area (Å²) in [7, 11) is -3.69. The first-order valence-electron chi connectivity index (χ1n) is 7.51. The number of rotatable bonds is 6. The first kappa shape index (κ1) is 17.4. The molecule has 3 aromatic rings. The Morgan fingerprint density at radius 3 is 2.68 bits per heavy atom. The standard InChI is InChI=1S/C17H16N2O4S2/c1-12(16(20)18-13-6-3-2-4-7-13)25(21,22)11-14-10-24-17(19-14)15-8-5-9-23-15/h2-10,12H,11H2,1H3,(H,18,20). The number of carbonyl (C=O) groups excluding carboxylic acids is 1. The monoisotopic (exact) mass is 376 g/mol. The van der Waals surface area contributed by atoms with Gasteiger partial charge < -0.3 is 9.73 Å². The van der Waals surface area contributed by atoms with Gasteiger partial charge in [-0.05, 0) is 31.2 Å². The van der Waals surface area contributed by atoms with Crippen molar-refractivity contribution in [3.05, 3.63) is 59.8 Å². The van der Waals surface area contributed by atoms with Crippen LogP contribution in [0.4, 0.5) is 5.69 Å². The third kappa shape index (κ3) is 4.15. The molecule has 0 bridgehead atoms. The van der Waals surface area contributed by atoms with Gasteiger partial charge in [0.1, 0.15) is 5.25 Å². The SMILES string of the molecule is CC(C(=O)Nc1ccccc1)S(=O)(=O)Cc1csc(-c2ccco2)n1. The fourth-order valence-corrected chi connectivity index (χ4v) is 4.23. The van der Waals surface area contributed by atoms with Crippen LogP contribution < -0.4 is 5.32 Å². The predicted molar refractivity (Wildman–Crippen MR) is 97.0 cm³/mol. The zero-order chi connectivity index (χ0) is 17.9. The van der Waals surface area contributed by atoms with Crippen LogP contribution in [0, 0.1) is 0 Å². The number of amides is 1. The molecule has 2 aromatic heterocycles. The Bertz CT molecular complexity index is 948. The van der Waals surface area contributed by atoms with Gasteiger partial charge in [-0.2, -0.15) is 0 Å².